The lowest BCUT2D eigenvalue weighted by molar-refractivity contribution is -0.385. The maximum atomic E-state index is 12.6. The zero-order valence-corrected chi connectivity index (χ0v) is 17.3. The number of para-hydroxylation sites is 1. The molecule has 0 aliphatic rings. The van der Waals surface area contributed by atoms with Crippen molar-refractivity contribution in [2.75, 3.05) is 6.61 Å². The minimum atomic E-state index is -0.747. The Morgan fingerprint density at radius 2 is 1.97 bits per heavy atom. The number of nitro benzene ring substituents is 1. The maximum Gasteiger partial charge on any atom is 0.349 e. The Balaban J connectivity index is 2.13. The second-order valence-electron chi connectivity index (χ2n) is 7.79. The molecule has 0 amide bonds. The monoisotopic (exact) mass is 430 g/mol. The fourth-order valence-electron chi connectivity index (χ4n) is 2.66. The second kappa shape index (κ2) is 8.11. The van der Waals surface area contributed by atoms with Crippen LogP contribution >= 0.6 is 11.6 Å². The Morgan fingerprint density at radius 3 is 2.63 bits per heavy atom. The first-order valence-corrected chi connectivity index (χ1v) is 9.34. The topological polar surface area (TPSA) is 120 Å². The van der Waals surface area contributed by atoms with Crippen LogP contribution in [-0.2, 0) is 0 Å². The highest BCUT2D eigenvalue weighted by Gasteiger charge is 2.23. The molecule has 156 valence electrons. The lowest BCUT2D eigenvalue weighted by atomic mass is 9.98. The molecule has 0 saturated heterocycles. The number of ether oxygens (including phenoxy) is 1. The molecule has 0 fully saturated rings. The molecule has 0 saturated carbocycles. The standard InChI is InChI=1S/C20H19ClN4O5/c1-20(2,3)11-30-17-12(8-13(21)9-16(17)25(28)29)10-22-24-18(26)14-6-4-5-7-15(14)23-19(24)27/h4-10H,11H2,1-3H3,(H,23,27). The van der Waals surface area contributed by atoms with Gasteiger partial charge in [0.05, 0.1) is 28.6 Å². The van der Waals surface area contributed by atoms with Gasteiger partial charge in [0.2, 0.25) is 5.75 Å². The van der Waals surface area contributed by atoms with Gasteiger partial charge >= 0.3 is 11.4 Å². The highest BCUT2D eigenvalue weighted by Crippen LogP contribution is 2.34. The average Bonchev–Trinajstić information content (AvgIpc) is 2.65. The molecule has 30 heavy (non-hydrogen) atoms. The van der Waals surface area contributed by atoms with Crippen molar-refractivity contribution in [3.63, 3.8) is 0 Å². The molecule has 1 N–H and O–H groups in total. The first kappa shape index (κ1) is 21.3. The largest absolute Gasteiger partial charge is 0.486 e. The van der Waals surface area contributed by atoms with E-state index in [1.165, 1.54) is 12.1 Å². The van der Waals surface area contributed by atoms with E-state index in [0.717, 1.165) is 6.21 Å². The predicted octanol–water partition coefficient (Wildman–Crippen LogP) is 3.56. The molecule has 0 aliphatic carbocycles. The fraction of sp³-hybridized carbons (Fsp3) is 0.250. The van der Waals surface area contributed by atoms with Crippen molar-refractivity contribution in [3.05, 3.63) is 77.9 Å². The molecule has 1 heterocycles. The first-order chi connectivity index (χ1) is 14.1. The van der Waals surface area contributed by atoms with E-state index in [9.17, 15) is 19.7 Å². The van der Waals surface area contributed by atoms with E-state index >= 15 is 0 Å². The number of nitro groups is 1. The van der Waals surface area contributed by atoms with Gasteiger partial charge in [-0.3, -0.25) is 14.9 Å². The quantitative estimate of drug-likeness (QED) is 0.377. The summed E-state index contributed by atoms with van der Waals surface area (Å²) in [6, 6.07) is 9.10. The van der Waals surface area contributed by atoms with Gasteiger partial charge in [-0.1, -0.05) is 44.5 Å². The van der Waals surface area contributed by atoms with Crippen molar-refractivity contribution in [1.82, 2.24) is 9.66 Å². The summed E-state index contributed by atoms with van der Waals surface area (Å²) in [5, 5.41) is 15.8. The van der Waals surface area contributed by atoms with Crippen LogP contribution < -0.4 is 16.0 Å². The minimum Gasteiger partial charge on any atom is -0.486 e. The number of hydrogen-bond acceptors (Lipinski definition) is 6. The summed E-state index contributed by atoms with van der Waals surface area (Å²) in [7, 11) is 0. The van der Waals surface area contributed by atoms with Gasteiger partial charge in [-0.25, -0.2) is 4.79 Å². The normalized spacial score (nSPS) is 11.9. The molecule has 0 spiro atoms. The predicted molar refractivity (Wildman–Crippen MR) is 115 cm³/mol. The zero-order chi connectivity index (χ0) is 22.1. The highest BCUT2D eigenvalue weighted by atomic mass is 35.5. The van der Waals surface area contributed by atoms with Crippen LogP contribution in [0.2, 0.25) is 5.02 Å². The van der Waals surface area contributed by atoms with E-state index in [-0.39, 0.29) is 39.4 Å². The van der Waals surface area contributed by atoms with Crippen LogP contribution in [0.1, 0.15) is 26.3 Å². The molecular formula is C20H19ClN4O5. The third-order valence-corrected chi connectivity index (χ3v) is 4.22. The minimum absolute atomic E-state index is 0.0478. The third kappa shape index (κ3) is 4.57. The van der Waals surface area contributed by atoms with Gasteiger partial charge < -0.3 is 9.72 Å². The summed E-state index contributed by atoms with van der Waals surface area (Å²) in [6.07, 6.45) is 1.14. The van der Waals surface area contributed by atoms with Crippen LogP contribution in [-0.4, -0.2) is 27.4 Å². The summed E-state index contributed by atoms with van der Waals surface area (Å²) in [5.74, 6) is -0.0478. The van der Waals surface area contributed by atoms with Gasteiger partial charge in [0.25, 0.3) is 5.56 Å². The average molecular weight is 431 g/mol. The number of halogens is 1. The number of hydrogen-bond donors (Lipinski definition) is 1. The van der Waals surface area contributed by atoms with Crippen molar-refractivity contribution in [2.24, 2.45) is 10.5 Å². The Morgan fingerprint density at radius 1 is 1.27 bits per heavy atom. The number of nitrogens with one attached hydrogen (secondary N) is 1. The summed E-state index contributed by atoms with van der Waals surface area (Å²) >= 11 is 6.02. The van der Waals surface area contributed by atoms with Gasteiger partial charge in [0, 0.05) is 16.7 Å². The molecule has 3 aromatic rings. The Hall–Kier alpha value is -3.46. The Bertz CT molecular complexity index is 1270. The van der Waals surface area contributed by atoms with E-state index in [2.05, 4.69) is 10.1 Å². The van der Waals surface area contributed by atoms with Crippen LogP contribution in [0.15, 0.2) is 51.1 Å². The van der Waals surface area contributed by atoms with Gasteiger partial charge in [0.15, 0.2) is 0 Å². The van der Waals surface area contributed by atoms with Gasteiger partial charge in [-0.15, -0.1) is 4.68 Å². The maximum absolute atomic E-state index is 12.6. The summed E-state index contributed by atoms with van der Waals surface area (Å²) in [5.41, 5.74) is -1.44. The van der Waals surface area contributed by atoms with Crippen molar-refractivity contribution in [3.8, 4) is 5.75 Å². The number of benzene rings is 2. The molecule has 2 aromatic carbocycles. The molecule has 0 radical (unpaired) electrons. The van der Waals surface area contributed by atoms with E-state index in [1.807, 2.05) is 20.8 Å². The summed E-state index contributed by atoms with van der Waals surface area (Å²) in [6.45, 7) is 5.93. The van der Waals surface area contributed by atoms with Gasteiger partial charge in [0.1, 0.15) is 0 Å². The molecule has 1 aromatic heterocycles. The van der Waals surface area contributed by atoms with Crippen molar-refractivity contribution in [1.29, 1.82) is 0 Å². The van der Waals surface area contributed by atoms with Crippen LogP contribution in [0.3, 0.4) is 0 Å². The molecule has 10 heteroatoms. The molecule has 9 nitrogen and oxygen atoms in total. The number of aromatic amines is 1. The smallest absolute Gasteiger partial charge is 0.349 e. The fourth-order valence-corrected chi connectivity index (χ4v) is 2.88. The molecule has 3 rings (SSSR count). The molecule has 0 aliphatic heterocycles. The lowest BCUT2D eigenvalue weighted by Gasteiger charge is -2.19. The number of nitrogens with zero attached hydrogens (tertiary/aromatic N) is 3. The second-order valence-corrected chi connectivity index (χ2v) is 8.22. The third-order valence-electron chi connectivity index (χ3n) is 4.01. The van der Waals surface area contributed by atoms with Gasteiger partial charge in [-0.2, -0.15) is 5.10 Å². The molecular weight excluding hydrogens is 412 g/mol. The number of rotatable bonds is 5. The van der Waals surface area contributed by atoms with Crippen LogP contribution in [0.4, 0.5) is 5.69 Å². The number of fused-ring (bicyclic) bond motifs is 1. The Kier molecular flexibility index (Phi) is 5.75. The SMILES string of the molecule is CC(C)(C)COc1c(C=Nn2c(=O)[nH]c3ccccc3c2=O)cc(Cl)cc1[N+](=O)[O-]. The van der Waals surface area contributed by atoms with E-state index in [0.29, 0.717) is 10.2 Å². The van der Waals surface area contributed by atoms with E-state index < -0.39 is 16.2 Å². The van der Waals surface area contributed by atoms with Crippen molar-refractivity contribution >= 4 is 34.4 Å². The van der Waals surface area contributed by atoms with Gasteiger partial charge in [-0.05, 0) is 23.6 Å². The molecule has 0 bridgehead atoms. The lowest BCUT2D eigenvalue weighted by Crippen LogP contribution is -2.32. The van der Waals surface area contributed by atoms with Crippen molar-refractivity contribution < 1.29 is 9.66 Å². The Labute approximate surface area is 175 Å². The van der Waals surface area contributed by atoms with Crippen LogP contribution in [0.5, 0.6) is 5.75 Å². The molecule has 0 unspecified atom stereocenters. The number of aromatic nitrogens is 2. The zero-order valence-electron chi connectivity index (χ0n) is 16.5. The van der Waals surface area contributed by atoms with Crippen LogP contribution in [0, 0.1) is 15.5 Å². The number of H-pyrrole nitrogens is 1. The summed E-state index contributed by atoms with van der Waals surface area (Å²) < 4.78 is 6.34. The van der Waals surface area contributed by atoms with Crippen LogP contribution in [0.25, 0.3) is 10.9 Å². The van der Waals surface area contributed by atoms with Crippen molar-refractivity contribution in [2.45, 2.75) is 20.8 Å². The molecule has 0 atom stereocenters. The summed E-state index contributed by atoms with van der Waals surface area (Å²) in [4.78, 5) is 38.3. The van der Waals surface area contributed by atoms with E-state index in [4.69, 9.17) is 16.3 Å². The highest BCUT2D eigenvalue weighted by molar-refractivity contribution is 6.31. The first-order valence-electron chi connectivity index (χ1n) is 8.96. The van der Waals surface area contributed by atoms with E-state index in [1.54, 1.807) is 24.3 Å².